The molecule has 34 heavy (non-hydrogen) atoms. The van der Waals surface area contributed by atoms with Gasteiger partial charge in [-0.05, 0) is 63.2 Å². The number of halogens is 1. The molecule has 3 rings (SSSR count). The summed E-state index contributed by atoms with van der Waals surface area (Å²) in [6, 6.07) is 13.4. The van der Waals surface area contributed by atoms with Gasteiger partial charge in [0.05, 0.1) is 43.2 Å². The average molecular weight is 486 g/mol. The number of aromatic nitrogens is 1. The lowest BCUT2D eigenvalue weighted by Gasteiger charge is -2.29. The molecule has 1 unspecified atom stereocenters. The molecule has 0 aliphatic rings. The van der Waals surface area contributed by atoms with Gasteiger partial charge in [-0.1, -0.05) is 17.7 Å². The topological polar surface area (TPSA) is 87.0 Å². The smallest absolute Gasteiger partial charge is 0.314 e. The molecule has 0 saturated carbocycles. The van der Waals surface area contributed by atoms with Crippen LogP contribution in [0.2, 0.25) is 5.02 Å². The van der Waals surface area contributed by atoms with Crippen LogP contribution >= 0.6 is 11.6 Å². The van der Waals surface area contributed by atoms with Gasteiger partial charge >= 0.3 is 5.97 Å². The van der Waals surface area contributed by atoms with Crippen LogP contribution in [0.1, 0.15) is 48.5 Å². The predicted octanol–water partition coefficient (Wildman–Crippen LogP) is 5.00. The molecule has 180 valence electrons. The number of ketones is 1. The first-order valence-electron chi connectivity index (χ1n) is 10.8. The van der Waals surface area contributed by atoms with E-state index in [0.717, 1.165) is 0 Å². The number of para-hydroxylation sites is 1. The molecule has 1 aromatic heterocycles. The lowest BCUT2D eigenvalue weighted by Crippen LogP contribution is -2.34. The summed E-state index contributed by atoms with van der Waals surface area (Å²) in [6.07, 6.45) is 0.509. The number of carbonyl (C=O) groups is 2. The number of methoxy groups -OCH3 is 2. The number of rotatable bonds is 9. The van der Waals surface area contributed by atoms with E-state index in [0.29, 0.717) is 33.5 Å². The highest BCUT2D eigenvalue weighted by Crippen LogP contribution is 2.38. The molecule has 0 fully saturated rings. The summed E-state index contributed by atoms with van der Waals surface area (Å²) in [5.41, 5.74) is 0.271. The number of aliphatic hydroxyl groups excluding tert-OH is 1. The summed E-state index contributed by atoms with van der Waals surface area (Å²) in [5.74, 6) is -0.141. The average Bonchev–Trinajstić information content (AvgIpc) is 3.31. The maximum Gasteiger partial charge on any atom is 0.314 e. The quantitative estimate of drug-likeness (QED) is 0.339. The van der Waals surface area contributed by atoms with Crippen LogP contribution in [0.5, 0.6) is 11.5 Å². The van der Waals surface area contributed by atoms with E-state index < -0.39 is 17.5 Å². The van der Waals surface area contributed by atoms with E-state index in [1.54, 1.807) is 80.1 Å². The van der Waals surface area contributed by atoms with Crippen LogP contribution in [0.4, 0.5) is 0 Å². The van der Waals surface area contributed by atoms with Crippen LogP contribution in [0.25, 0.3) is 5.69 Å². The zero-order valence-electron chi connectivity index (χ0n) is 19.8. The first-order chi connectivity index (χ1) is 16.2. The molecular formula is C26H28ClNO6. The lowest BCUT2D eigenvalue weighted by molar-refractivity contribution is -0.160. The largest absolute Gasteiger partial charge is 0.493 e. The van der Waals surface area contributed by atoms with Crippen LogP contribution < -0.4 is 9.47 Å². The highest BCUT2D eigenvalue weighted by Gasteiger charge is 2.40. The Morgan fingerprint density at radius 2 is 1.79 bits per heavy atom. The van der Waals surface area contributed by atoms with E-state index >= 15 is 0 Å². The van der Waals surface area contributed by atoms with Gasteiger partial charge in [-0.15, -0.1) is 0 Å². The van der Waals surface area contributed by atoms with Crippen LogP contribution in [-0.4, -0.2) is 42.3 Å². The Morgan fingerprint density at radius 1 is 1.06 bits per heavy atom. The van der Waals surface area contributed by atoms with Crippen molar-refractivity contribution in [1.82, 2.24) is 4.57 Å². The Balaban J connectivity index is 2.14. The minimum absolute atomic E-state index is 0.203. The molecule has 1 atom stereocenters. The molecule has 0 radical (unpaired) electrons. The highest BCUT2D eigenvalue weighted by molar-refractivity contribution is 6.31. The number of hydrogen-bond acceptors (Lipinski definition) is 6. The molecule has 8 heteroatoms. The van der Waals surface area contributed by atoms with Crippen molar-refractivity contribution in [2.24, 2.45) is 5.41 Å². The minimum atomic E-state index is -1.22. The van der Waals surface area contributed by atoms with Crippen molar-refractivity contribution in [1.29, 1.82) is 0 Å². The van der Waals surface area contributed by atoms with E-state index in [4.69, 9.17) is 25.8 Å². The fourth-order valence-corrected chi connectivity index (χ4v) is 3.92. The maximum atomic E-state index is 13.7. The number of carbonyl (C=O) groups excluding carboxylic acids is 2. The summed E-state index contributed by atoms with van der Waals surface area (Å²) >= 11 is 6.27. The molecule has 1 heterocycles. The molecule has 0 aliphatic carbocycles. The zero-order valence-corrected chi connectivity index (χ0v) is 20.6. The molecule has 7 nitrogen and oxygen atoms in total. The molecule has 0 bridgehead atoms. The zero-order chi connectivity index (χ0) is 25.0. The summed E-state index contributed by atoms with van der Waals surface area (Å²) in [6.45, 7) is 5.14. The van der Waals surface area contributed by atoms with Gasteiger partial charge in [0, 0.05) is 16.8 Å². The van der Waals surface area contributed by atoms with Crippen molar-refractivity contribution >= 4 is 23.4 Å². The number of ether oxygens (including phenoxy) is 3. The van der Waals surface area contributed by atoms with Crippen molar-refractivity contribution in [3.8, 4) is 17.2 Å². The Labute approximate surface area is 203 Å². The summed E-state index contributed by atoms with van der Waals surface area (Å²) < 4.78 is 17.6. The van der Waals surface area contributed by atoms with Gasteiger partial charge in [-0.3, -0.25) is 9.59 Å². The number of aliphatic hydroxyl groups is 1. The van der Waals surface area contributed by atoms with E-state index in [2.05, 4.69) is 0 Å². The summed E-state index contributed by atoms with van der Waals surface area (Å²) in [7, 11) is 2.96. The SMILES string of the molecule is CCOC(=O)C(C)(C)C(O)c1cccn1-c1ccc(Cl)cc1C(=O)c1cccc(OC)c1OC. The normalized spacial score (nSPS) is 12.2. The van der Waals surface area contributed by atoms with Gasteiger partial charge < -0.3 is 23.9 Å². The monoisotopic (exact) mass is 485 g/mol. The van der Waals surface area contributed by atoms with Gasteiger partial charge in [-0.2, -0.15) is 0 Å². The van der Waals surface area contributed by atoms with Crippen LogP contribution in [-0.2, 0) is 9.53 Å². The Hall–Kier alpha value is -3.29. The molecule has 0 amide bonds. The van der Waals surface area contributed by atoms with Gasteiger partial charge in [0.25, 0.3) is 0 Å². The van der Waals surface area contributed by atoms with Crippen molar-refractivity contribution < 1.29 is 28.9 Å². The van der Waals surface area contributed by atoms with Crippen molar-refractivity contribution in [3.63, 3.8) is 0 Å². The Bertz CT molecular complexity index is 1200. The van der Waals surface area contributed by atoms with Gasteiger partial charge in [0.2, 0.25) is 0 Å². The molecule has 3 aromatic rings. The van der Waals surface area contributed by atoms with E-state index in [1.807, 2.05) is 0 Å². The lowest BCUT2D eigenvalue weighted by atomic mass is 9.84. The second-order valence-electron chi connectivity index (χ2n) is 8.18. The third-order valence-electron chi connectivity index (χ3n) is 5.66. The first kappa shape index (κ1) is 25.3. The number of benzene rings is 2. The minimum Gasteiger partial charge on any atom is -0.493 e. The summed E-state index contributed by atoms with van der Waals surface area (Å²) in [4.78, 5) is 26.2. The standard InChI is InChI=1S/C26H28ClNO6/c1-6-34-25(31)26(2,3)24(30)20-10-8-14-28(20)19-13-12-16(27)15-18(19)22(29)17-9-7-11-21(32-4)23(17)33-5/h7-15,24,30H,6H2,1-5H3. The third kappa shape index (κ3) is 4.67. The number of hydrogen-bond donors (Lipinski definition) is 1. The van der Waals surface area contributed by atoms with E-state index in [9.17, 15) is 14.7 Å². The molecule has 2 aromatic carbocycles. The first-order valence-corrected chi connectivity index (χ1v) is 11.1. The molecule has 0 aliphatic heterocycles. The molecule has 0 saturated heterocycles. The molecule has 1 N–H and O–H groups in total. The van der Waals surface area contributed by atoms with Crippen molar-refractivity contribution in [2.45, 2.75) is 26.9 Å². The molecule has 0 spiro atoms. The third-order valence-corrected chi connectivity index (χ3v) is 5.89. The fourth-order valence-electron chi connectivity index (χ4n) is 3.75. The summed E-state index contributed by atoms with van der Waals surface area (Å²) in [5, 5.41) is 11.5. The van der Waals surface area contributed by atoms with Crippen LogP contribution in [0.15, 0.2) is 54.7 Å². The van der Waals surface area contributed by atoms with Crippen LogP contribution in [0, 0.1) is 5.41 Å². The highest BCUT2D eigenvalue weighted by atomic mass is 35.5. The van der Waals surface area contributed by atoms with Gasteiger partial charge in [0.1, 0.15) is 6.10 Å². The van der Waals surface area contributed by atoms with Crippen molar-refractivity contribution in [2.75, 3.05) is 20.8 Å². The Morgan fingerprint density at radius 3 is 2.44 bits per heavy atom. The second-order valence-corrected chi connectivity index (χ2v) is 8.62. The van der Waals surface area contributed by atoms with E-state index in [-0.39, 0.29) is 18.0 Å². The fraction of sp³-hybridized carbons (Fsp3) is 0.308. The van der Waals surface area contributed by atoms with Gasteiger partial charge in [-0.25, -0.2) is 0 Å². The van der Waals surface area contributed by atoms with E-state index in [1.165, 1.54) is 14.2 Å². The second kappa shape index (κ2) is 10.3. The predicted molar refractivity (Wildman–Crippen MR) is 129 cm³/mol. The Kier molecular flexibility index (Phi) is 7.69. The number of esters is 1. The van der Waals surface area contributed by atoms with Crippen molar-refractivity contribution in [3.05, 3.63) is 76.6 Å². The van der Waals surface area contributed by atoms with Crippen LogP contribution in [0.3, 0.4) is 0 Å². The number of nitrogens with zero attached hydrogens (tertiary/aromatic N) is 1. The molecular weight excluding hydrogens is 458 g/mol. The van der Waals surface area contributed by atoms with Gasteiger partial charge in [0.15, 0.2) is 17.3 Å². The maximum absolute atomic E-state index is 13.7.